The zero-order valence-corrected chi connectivity index (χ0v) is 15.6. The van der Waals surface area contributed by atoms with Crippen LogP contribution in [0.4, 0.5) is 11.8 Å². The molecule has 0 spiro atoms. The Balaban J connectivity index is 1.73. The van der Waals surface area contributed by atoms with Gasteiger partial charge in [-0.05, 0) is 31.0 Å². The van der Waals surface area contributed by atoms with Gasteiger partial charge >= 0.3 is 0 Å². The third-order valence-corrected chi connectivity index (χ3v) is 6.43. The molecule has 0 bridgehead atoms. The number of nitrogens with one attached hydrogen (secondary N) is 1. The van der Waals surface area contributed by atoms with E-state index in [0.717, 1.165) is 5.56 Å². The van der Waals surface area contributed by atoms with E-state index in [2.05, 4.69) is 15.3 Å². The molecule has 1 aromatic heterocycles. The number of hydrogen-bond donors (Lipinski definition) is 1. The second-order valence-corrected chi connectivity index (χ2v) is 8.67. The van der Waals surface area contributed by atoms with Gasteiger partial charge in [0.1, 0.15) is 5.82 Å². The van der Waals surface area contributed by atoms with Gasteiger partial charge in [-0.25, -0.2) is 13.4 Å². The molecular formula is C17H21ClN4O2S. The second kappa shape index (κ2) is 7.58. The minimum absolute atomic E-state index is 0.0613. The van der Waals surface area contributed by atoms with E-state index in [0.29, 0.717) is 36.3 Å². The highest BCUT2D eigenvalue weighted by Gasteiger charge is 2.32. The molecule has 1 N–H and O–H groups in total. The Morgan fingerprint density at radius 2 is 2.12 bits per heavy atom. The maximum atomic E-state index is 11.8. The summed E-state index contributed by atoms with van der Waals surface area (Å²) in [6.45, 7) is 3.20. The van der Waals surface area contributed by atoms with Crippen LogP contribution in [0.15, 0.2) is 36.5 Å². The van der Waals surface area contributed by atoms with E-state index in [4.69, 9.17) is 11.6 Å². The van der Waals surface area contributed by atoms with E-state index in [1.807, 2.05) is 36.1 Å². The van der Waals surface area contributed by atoms with Crippen molar-refractivity contribution >= 4 is 33.2 Å². The van der Waals surface area contributed by atoms with Crippen molar-refractivity contribution in [3.05, 3.63) is 47.1 Å². The van der Waals surface area contributed by atoms with Crippen LogP contribution in [0.1, 0.15) is 18.9 Å². The molecule has 134 valence electrons. The molecule has 1 aliphatic heterocycles. The smallest absolute Gasteiger partial charge is 0.227 e. The van der Waals surface area contributed by atoms with E-state index in [1.54, 1.807) is 12.3 Å². The fraction of sp³-hybridized carbons (Fsp3) is 0.412. The summed E-state index contributed by atoms with van der Waals surface area (Å²) in [5.41, 5.74) is 0.985. The monoisotopic (exact) mass is 380 g/mol. The maximum Gasteiger partial charge on any atom is 0.227 e. The van der Waals surface area contributed by atoms with Gasteiger partial charge in [0.15, 0.2) is 9.84 Å². The van der Waals surface area contributed by atoms with E-state index < -0.39 is 9.84 Å². The van der Waals surface area contributed by atoms with Crippen LogP contribution in [0.25, 0.3) is 0 Å². The SMILES string of the molecule is CCN(c1nccc(NCc2ccccc2Cl)n1)C1CCS(=O)(=O)C1. The highest BCUT2D eigenvalue weighted by Crippen LogP contribution is 2.22. The highest BCUT2D eigenvalue weighted by molar-refractivity contribution is 7.91. The van der Waals surface area contributed by atoms with Crippen molar-refractivity contribution in [2.75, 3.05) is 28.3 Å². The lowest BCUT2D eigenvalue weighted by Crippen LogP contribution is -2.37. The highest BCUT2D eigenvalue weighted by atomic mass is 35.5. The van der Waals surface area contributed by atoms with Gasteiger partial charge in [0.25, 0.3) is 0 Å². The summed E-state index contributed by atoms with van der Waals surface area (Å²) < 4.78 is 23.5. The summed E-state index contributed by atoms with van der Waals surface area (Å²) in [5.74, 6) is 1.64. The van der Waals surface area contributed by atoms with Crippen molar-refractivity contribution < 1.29 is 8.42 Å². The number of anilines is 2. The first-order chi connectivity index (χ1) is 12.0. The number of nitrogens with zero attached hydrogens (tertiary/aromatic N) is 3. The third-order valence-electron chi connectivity index (χ3n) is 4.31. The molecule has 0 aliphatic carbocycles. The number of benzene rings is 1. The van der Waals surface area contributed by atoms with E-state index in [9.17, 15) is 8.42 Å². The van der Waals surface area contributed by atoms with Crippen molar-refractivity contribution in [2.45, 2.75) is 25.9 Å². The molecule has 0 radical (unpaired) electrons. The Labute approximate surface area is 153 Å². The number of sulfone groups is 1. The zero-order chi connectivity index (χ0) is 17.9. The molecular weight excluding hydrogens is 360 g/mol. The first-order valence-electron chi connectivity index (χ1n) is 8.26. The normalized spacial score (nSPS) is 18.9. The molecule has 1 atom stereocenters. The number of rotatable bonds is 6. The quantitative estimate of drug-likeness (QED) is 0.830. The molecule has 0 amide bonds. The van der Waals surface area contributed by atoms with Crippen molar-refractivity contribution in [2.24, 2.45) is 0 Å². The van der Waals surface area contributed by atoms with Gasteiger partial charge < -0.3 is 10.2 Å². The van der Waals surface area contributed by atoms with Crippen molar-refractivity contribution in [1.29, 1.82) is 0 Å². The van der Waals surface area contributed by atoms with Crippen molar-refractivity contribution in [3.8, 4) is 0 Å². The standard InChI is InChI=1S/C17H21ClN4O2S/c1-2-22(14-8-10-25(23,24)12-14)17-19-9-7-16(21-17)20-11-13-5-3-4-6-15(13)18/h3-7,9,14H,2,8,10-12H2,1H3,(H,19,20,21). The van der Waals surface area contributed by atoms with Crippen LogP contribution in [0.2, 0.25) is 5.02 Å². The van der Waals surface area contributed by atoms with E-state index >= 15 is 0 Å². The lowest BCUT2D eigenvalue weighted by molar-refractivity contribution is 0.599. The predicted octanol–water partition coefficient (Wildman–Crippen LogP) is 2.76. The van der Waals surface area contributed by atoms with Crippen LogP contribution in [0.5, 0.6) is 0 Å². The first kappa shape index (κ1) is 17.9. The largest absolute Gasteiger partial charge is 0.366 e. The van der Waals surface area contributed by atoms with Crippen LogP contribution in [0.3, 0.4) is 0 Å². The van der Waals surface area contributed by atoms with Crippen LogP contribution in [-0.4, -0.2) is 42.5 Å². The lowest BCUT2D eigenvalue weighted by atomic mass is 10.2. The fourth-order valence-electron chi connectivity index (χ4n) is 3.00. The van der Waals surface area contributed by atoms with Gasteiger partial charge in [-0.2, -0.15) is 4.98 Å². The zero-order valence-electron chi connectivity index (χ0n) is 14.0. The van der Waals surface area contributed by atoms with E-state index in [1.165, 1.54) is 0 Å². The number of hydrogen-bond acceptors (Lipinski definition) is 6. The molecule has 2 aromatic rings. The molecule has 2 heterocycles. The first-order valence-corrected chi connectivity index (χ1v) is 10.5. The maximum absolute atomic E-state index is 11.8. The van der Waals surface area contributed by atoms with Crippen molar-refractivity contribution in [1.82, 2.24) is 9.97 Å². The average Bonchev–Trinajstić information content (AvgIpc) is 2.95. The molecule has 0 saturated carbocycles. The lowest BCUT2D eigenvalue weighted by Gasteiger charge is -2.27. The van der Waals surface area contributed by atoms with Gasteiger partial charge in [0.2, 0.25) is 5.95 Å². The summed E-state index contributed by atoms with van der Waals surface area (Å²) in [7, 11) is -2.95. The number of halogens is 1. The van der Waals surface area contributed by atoms with E-state index in [-0.39, 0.29) is 17.5 Å². The summed E-state index contributed by atoms with van der Waals surface area (Å²) in [4.78, 5) is 10.8. The molecule has 25 heavy (non-hydrogen) atoms. The summed E-state index contributed by atoms with van der Waals surface area (Å²) in [6.07, 6.45) is 2.31. The second-order valence-electron chi connectivity index (χ2n) is 6.03. The molecule has 1 aromatic carbocycles. The number of aromatic nitrogens is 2. The van der Waals surface area contributed by atoms with Gasteiger partial charge in [-0.1, -0.05) is 29.8 Å². The Bertz CT molecular complexity index is 844. The Hall–Kier alpha value is -1.86. The molecule has 6 nitrogen and oxygen atoms in total. The van der Waals surface area contributed by atoms with Crippen LogP contribution in [0, 0.1) is 0 Å². The molecule has 1 aliphatic rings. The molecule has 1 unspecified atom stereocenters. The summed E-state index contributed by atoms with van der Waals surface area (Å²) in [6, 6.07) is 9.37. The van der Waals surface area contributed by atoms with Crippen molar-refractivity contribution in [3.63, 3.8) is 0 Å². The van der Waals surface area contributed by atoms with Gasteiger partial charge in [-0.3, -0.25) is 0 Å². The average molecular weight is 381 g/mol. The molecule has 1 saturated heterocycles. The van der Waals surface area contributed by atoms with Gasteiger partial charge in [-0.15, -0.1) is 0 Å². The van der Waals surface area contributed by atoms with Gasteiger partial charge in [0, 0.05) is 30.4 Å². The van der Waals surface area contributed by atoms with Crippen LogP contribution >= 0.6 is 11.6 Å². The van der Waals surface area contributed by atoms with Gasteiger partial charge in [0.05, 0.1) is 11.5 Å². The fourth-order valence-corrected chi connectivity index (χ4v) is 4.93. The Kier molecular flexibility index (Phi) is 5.44. The summed E-state index contributed by atoms with van der Waals surface area (Å²) in [5, 5.41) is 3.95. The summed E-state index contributed by atoms with van der Waals surface area (Å²) >= 11 is 6.17. The Morgan fingerprint density at radius 1 is 1.32 bits per heavy atom. The minimum atomic E-state index is -2.95. The predicted molar refractivity (Wildman–Crippen MR) is 101 cm³/mol. The molecule has 8 heteroatoms. The Morgan fingerprint density at radius 3 is 2.80 bits per heavy atom. The topological polar surface area (TPSA) is 75.2 Å². The minimum Gasteiger partial charge on any atom is -0.366 e. The van der Waals surface area contributed by atoms with Crippen LogP contribution in [-0.2, 0) is 16.4 Å². The van der Waals surface area contributed by atoms with Crippen LogP contribution < -0.4 is 10.2 Å². The third kappa shape index (κ3) is 4.41. The molecule has 3 rings (SSSR count). The molecule has 1 fully saturated rings.